The van der Waals surface area contributed by atoms with E-state index in [1.807, 2.05) is 6.92 Å². The van der Waals surface area contributed by atoms with Crippen LogP contribution in [-0.4, -0.2) is 29.4 Å². The highest BCUT2D eigenvalue weighted by Crippen LogP contribution is 2.23. The molecule has 0 radical (unpaired) electrons. The second-order valence-electron chi connectivity index (χ2n) is 5.96. The van der Waals surface area contributed by atoms with Crippen molar-refractivity contribution < 1.29 is 14.4 Å². The number of hydrogen-bond donors (Lipinski definition) is 3. The Morgan fingerprint density at radius 1 is 1.30 bits per heavy atom. The second-order valence-corrected chi connectivity index (χ2v) is 5.96. The maximum Gasteiger partial charge on any atom is 0.240 e. The van der Waals surface area contributed by atoms with Crippen LogP contribution in [0.25, 0.3) is 0 Å². The van der Waals surface area contributed by atoms with E-state index in [0.717, 1.165) is 0 Å². The Morgan fingerprint density at radius 2 is 2.09 bits per heavy atom. The number of carbonyl (C=O) groups is 3. The largest absolute Gasteiger partial charge is 0.398 e. The van der Waals surface area contributed by atoms with E-state index in [2.05, 4.69) is 15.8 Å². The molecule has 1 aromatic rings. The lowest BCUT2D eigenvalue weighted by Crippen LogP contribution is -2.33. The first-order valence-corrected chi connectivity index (χ1v) is 7.55. The summed E-state index contributed by atoms with van der Waals surface area (Å²) in [5.74, 6) is -0.402. The van der Waals surface area contributed by atoms with Gasteiger partial charge in [0.15, 0.2) is 5.78 Å². The molecule has 2 heterocycles. The summed E-state index contributed by atoms with van der Waals surface area (Å²) in [4.78, 5) is 34.9. The van der Waals surface area contributed by atoms with Crippen LogP contribution in [0.15, 0.2) is 23.3 Å². The van der Waals surface area contributed by atoms with Crippen LogP contribution in [0.2, 0.25) is 0 Å². The van der Waals surface area contributed by atoms with Crippen molar-refractivity contribution >= 4 is 29.0 Å². The van der Waals surface area contributed by atoms with E-state index in [-0.39, 0.29) is 23.5 Å². The third-order valence-corrected chi connectivity index (χ3v) is 4.18. The Labute approximate surface area is 133 Å². The van der Waals surface area contributed by atoms with Crippen molar-refractivity contribution in [3.8, 4) is 0 Å². The summed E-state index contributed by atoms with van der Waals surface area (Å²) in [6.45, 7) is 1.91. The van der Waals surface area contributed by atoms with Crippen molar-refractivity contribution in [1.82, 2.24) is 10.7 Å². The summed E-state index contributed by atoms with van der Waals surface area (Å²) >= 11 is 0. The molecule has 2 aliphatic heterocycles. The molecule has 0 saturated carbocycles. The molecule has 0 aromatic heterocycles. The van der Waals surface area contributed by atoms with Crippen molar-refractivity contribution in [3.05, 3.63) is 29.3 Å². The molecule has 0 bridgehead atoms. The molecule has 4 N–H and O–H groups in total. The SMILES string of the molecule is CC1CC(=O)NN=C1c1ccc(C(=O)C2CCC(=O)N2)cc1N. The highest BCUT2D eigenvalue weighted by Gasteiger charge is 2.29. The van der Waals surface area contributed by atoms with Crippen LogP contribution in [0.4, 0.5) is 5.69 Å². The summed E-state index contributed by atoms with van der Waals surface area (Å²) in [7, 11) is 0. The molecule has 3 rings (SSSR count). The first-order valence-electron chi connectivity index (χ1n) is 7.55. The monoisotopic (exact) mass is 314 g/mol. The molecule has 7 heteroatoms. The Morgan fingerprint density at radius 3 is 2.70 bits per heavy atom. The highest BCUT2D eigenvalue weighted by molar-refractivity contribution is 6.10. The molecule has 7 nitrogen and oxygen atoms in total. The second kappa shape index (κ2) is 5.83. The molecule has 0 spiro atoms. The number of Topliss-reactive ketones (excluding diaryl/α,β-unsaturated/α-hetero) is 1. The average molecular weight is 314 g/mol. The van der Waals surface area contributed by atoms with E-state index < -0.39 is 6.04 Å². The maximum absolute atomic E-state index is 12.4. The molecule has 2 aliphatic rings. The first-order chi connectivity index (χ1) is 11.0. The first kappa shape index (κ1) is 15.2. The average Bonchev–Trinajstić information content (AvgIpc) is 2.94. The fourth-order valence-electron chi connectivity index (χ4n) is 2.94. The number of hydrazone groups is 1. The normalized spacial score (nSPS) is 24.0. The lowest BCUT2D eigenvalue weighted by atomic mass is 9.91. The lowest BCUT2D eigenvalue weighted by molar-refractivity contribution is -0.122. The highest BCUT2D eigenvalue weighted by atomic mass is 16.2. The molecular weight excluding hydrogens is 296 g/mol. The molecule has 1 fully saturated rings. The molecule has 23 heavy (non-hydrogen) atoms. The molecular formula is C16H18N4O3. The van der Waals surface area contributed by atoms with Gasteiger partial charge in [0.25, 0.3) is 0 Å². The Hall–Kier alpha value is -2.70. The zero-order chi connectivity index (χ0) is 16.6. The third kappa shape index (κ3) is 2.94. The number of rotatable bonds is 3. The Balaban J connectivity index is 1.85. The number of anilines is 1. The van der Waals surface area contributed by atoms with E-state index in [9.17, 15) is 14.4 Å². The summed E-state index contributed by atoms with van der Waals surface area (Å²) < 4.78 is 0. The number of ketones is 1. The van der Waals surface area contributed by atoms with Crippen LogP contribution in [0.3, 0.4) is 0 Å². The summed E-state index contributed by atoms with van der Waals surface area (Å²) in [6, 6.07) is 4.56. The number of nitrogens with zero attached hydrogens (tertiary/aromatic N) is 1. The van der Waals surface area contributed by atoms with E-state index >= 15 is 0 Å². The van der Waals surface area contributed by atoms with E-state index in [1.165, 1.54) is 0 Å². The van der Waals surface area contributed by atoms with Gasteiger partial charge in [-0.2, -0.15) is 5.10 Å². The maximum atomic E-state index is 12.4. The molecule has 2 atom stereocenters. The predicted molar refractivity (Wildman–Crippen MR) is 84.8 cm³/mol. The number of amides is 2. The van der Waals surface area contributed by atoms with Gasteiger partial charge in [0.2, 0.25) is 11.8 Å². The van der Waals surface area contributed by atoms with Crippen molar-refractivity contribution in [3.63, 3.8) is 0 Å². The minimum Gasteiger partial charge on any atom is -0.398 e. The molecule has 0 aliphatic carbocycles. The standard InChI is InChI=1S/C16H18N4O3/c1-8-6-14(22)19-20-15(8)10-3-2-9(7-11(10)17)16(23)12-4-5-13(21)18-12/h2-3,7-8,12H,4-6,17H2,1H3,(H,18,21)(H,19,22). The number of hydrogen-bond acceptors (Lipinski definition) is 5. The Kier molecular flexibility index (Phi) is 3.85. The number of nitrogens with two attached hydrogens (primary N) is 1. The van der Waals surface area contributed by atoms with Gasteiger partial charge in [0.1, 0.15) is 0 Å². The van der Waals surface area contributed by atoms with Gasteiger partial charge in [-0.15, -0.1) is 0 Å². The number of nitrogen functional groups attached to an aromatic ring is 1. The van der Waals surface area contributed by atoms with Crippen molar-refractivity contribution in [1.29, 1.82) is 0 Å². The van der Waals surface area contributed by atoms with Gasteiger partial charge < -0.3 is 11.1 Å². The Bertz CT molecular complexity index is 726. The fraction of sp³-hybridized carbons (Fsp3) is 0.375. The summed E-state index contributed by atoms with van der Waals surface area (Å²) in [5.41, 5.74) is 10.8. The van der Waals surface area contributed by atoms with Crippen molar-refractivity contribution in [2.45, 2.75) is 32.2 Å². The molecule has 2 amide bonds. The van der Waals surface area contributed by atoms with Crippen LogP contribution < -0.4 is 16.5 Å². The quantitative estimate of drug-likeness (QED) is 0.559. The van der Waals surface area contributed by atoms with Gasteiger partial charge in [-0.25, -0.2) is 5.43 Å². The zero-order valence-corrected chi connectivity index (χ0v) is 12.8. The summed E-state index contributed by atoms with van der Waals surface area (Å²) in [6.07, 6.45) is 1.24. The molecule has 2 unspecified atom stereocenters. The van der Waals surface area contributed by atoms with Crippen LogP contribution >= 0.6 is 0 Å². The van der Waals surface area contributed by atoms with Gasteiger partial charge in [0.05, 0.1) is 11.8 Å². The van der Waals surface area contributed by atoms with Crippen molar-refractivity contribution in [2.24, 2.45) is 11.0 Å². The number of benzene rings is 1. The predicted octanol–water partition coefficient (Wildman–Crippen LogP) is 0.590. The van der Waals surface area contributed by atoms with E-state index in [0.29, 0.717) is 41.8 Å². The van der Waals surface area contributed by atoms with E-state index in [4.69, 9.17) is 5.73 Å². The minimum absolute atomic E-state index is 0.0401. The zero-order valence-electron chi connectivity index (χ0n) is 12.8. The molecule has 1 aromatic carbocycles. The minimum atomic E-state index is -0.474. The van der Waals surface area contributed by atoms with Gasteiger partial charge >= 0.3 is 0 Å². The van der Waals surface area contributed by atoms with Crippen LogP contribution in [0, 0.1) is 5.92 Å². The summed E-state index contributed by atoms with van der Waals surface area (Å²) in [5, 5.41) is 6.74. The smallest absolute Gasteiger partial charge is 0.240 e. The number of nitrogens with one attached hydrogen (secondary N) is 2. The van der Waals surface area contributed by atoms with Gasteiger partial charge in [0, 0.05) is 35.6 Å². The third-order valence-electron chi connectivity index (χ3n) is 4.18. The van der Waals surface area contributed by atoms with Gasteiger partial charge in [-0.05, 0) is 12.5 Å². The fourth-order valence-corrected chi connectivity index (χ4v) is 2.94. The van der Waals surface area contributed by atoms with Crippen LogP contribution in [0.1, 0.15) is 42.1 Å². The molecule has 120 valence electrons. The van der Waals surface area contributed by atoms with Crippen LogP contribution in [0.5, 0.6) is 0 Å². The lowest BCUT2D eigenvalue weighted by Gasteiger charge is -2.20. The van der Waals surface area contributed by atoms with E-state index in [1.54, 1.807) is 18.2 Å². The van der Waals surface area contributed by atoms with Gasteiger partial charge in [-0.1, -0.05) is 19.1 Å². The van der Waals surface area contributed by atoms with Gasteiger partial charge in [-0.3, -0.25) is 14.4 Å². The number of carbonyl (C=O) groups excluding carboxylic acids is 3. The topological polar surface area (TPSA) is 114 Å². The van der Waals surface area contributed by atoms with Crippen molar-refractivity contribution in [2.75, 3.05) is 5.73 Å². The molecule has 1 saturated heterocycles. The van der Waals surface area contributed by atoms with Crippen LogP contribution in [-0.2, 0) is 9.59 Å².